The summed E-state index contributed by atoms with van der Waals surface area (Å²) in [5, 5.41) is 21.5. The van der Waals surface area contributed by atoms with Crippen LogP contribution < -0.4 is 11.2 Å². The van der Waals surface area contributed by atoms with E-state index in [0.717, 1.165) is 10.8 Å². The molecule has 3 rings (SSSR count). The molecule has 1 aromatic carbocycles. The molecule has 6 atom stereocenters. The summed E-state index contributed by atoms with van der Waals surface area (Å²) in [5.74, 6) is 4.31. The maximum atomic E-state index is 12.4. The van der Waals surface area contributed by atoms with Gasteiger partial charge in [0.15, 0.2) is 0 Å². The van der Waals surface area contributed by atoms with Crippen LogP contribution in [0.15, 0.2) is 40.1 Å². The molecule has 6 N–H and O–H groups in total. The minimum Gasteiger partial charge on any atom is -0.457 e. The summed E-state index contributed by atoms with van der Waals surface area (Å²) in [7, 11) is -16.9. The van der Waals surface area contributed by atoms with Gasteiger partial charge < -0.3 is 34.2 Å². The number of nitro benzene ring substituents is 1. The van der Waals surface area contributed by atoms with Gasteiger partial charge >= 0.3 is 35.1 Å². The van der Waals surface area contributed by atoms with Gasteiger partial charge in [0, 0.05) is 25.1 Å². The van der Waals surface area contributed by atoms with E-state index in [2.05, 4.69) is 25.0 Å². The molecule has 46 heavy (non-hydrogen) atoms. The third kappa shape index (κ3) is 10.9. The molecule has 0 saturated carbocycles. The highest BCUT2D eigenvalue weighted by Crippen LogP contribution is 2.66. The highest BCUT2D eigenvalue weighted by molar-refractivity contribution is 7.66. The van der Waals surface area contributed by atoms with Crippen molar-refractivity contribution < 1.29 is 70.7 Å². The molecule has 3 unspecified atom stereocenters. The van der Waals surface area contributed by atoms with E-state index in [-0.39, 0.29) is 36.1 Å². The first-order valence-corrected chi connectivity index (χ1v) is 17.2. The number of rotatable bonds is 13. The van der Waals surface area contributed by atoms with Crippen molar-refractivity contribution in [1.82, 2.24) is 9.55 Å². The third-order valence-corrected chi connectivity index (χ3v) is 9.66. The summed E-state index contributed by atoms with van der Waals surface area (Å²) in [5.41, 5.74) is -2.17. The quantitative estimate of drug-likeness (QED) is 0.0551. The number of carbonyl (C=O) groups excluding carboxylic acids is 1. The molecular weight excluding hydrogens is 687 g/mol. The Morgan fingerprint density at radius 2 is 1.85 bits per heavy atom. The van der Waals surface area contributed by atoms with Crippen molar-refractivity contribution in [3.8, 4) is 11.8 Å². The average Bonchev–Trinajstić information content (AvgIpc) is 3.28. The van der Waals surface area contributed by atoms with Gasteiger partial charge in [-0.05, 0) is 13.0 Å². The smallest absolute Gasteiger partial charge is 0.457 e. The average molecular weight is 713 g/mol. The normalized spacial score (nSPS) is 21.3. The Labute approximate surface area is 257 Å². The van der Waals surface area contributed by atoms with Crippen LogP contribution >= 0.6 is 23.5 Å². The Morgan fingerprint density at radius 1 is 1.17 bits per heavy atom. The number of hydrogen-bond donors (Lipinski definition) is 6. The van der Waals surface area contributed by atoms with Crippen LogP contribution in [0.4, 0.5) is 5.69 Å². The SMILES string of the molecule is CC(OC(=O)CCC#Cc1cn([C@H]2C[C@H](O)[C@@H](COP(=O)(O)OP(=O)(O)OP(=O)(O)O)O2)c(=O)[nH]c1=O)c1ccccc1[N+](=O)[O-]. The highest BCUT2D eigenvalue weighted by atomic mass is 31.3. The summed E-state index contributed by atoms with van der Waals surface area (Å²) < 4.78 is 57.2. The zero-order valence-electron chi connectivity index (χ0n) is 23.3. The zero-order chi connectivity index (χ0) is 34.4. The zero-order valence-corrected chi connectivity index (χ0v) is 26.0. The molecule has 1 aromatic heterocycles. The van der Waals surface area contributed by atoms with E-state index >= 15 is 0 Å². The number of aliphatic hydroxyl groups excluding tert-OH is 1. The second-order valence-electron chi connectivity index (χ2n) is 9.28. The molecule has 0 aliphatic carbocycles. The Balaban J connectivity index is 1.61. The Hall–Kier alpha value is -3.34. The first-order chi connectivity index (χ1) is 21.3. The number of aromatic nitrogens is 2. The molecular formula is C22H26N3O18P3. The number of nitro groups is 1. The molecule has 2 heterocycles. The van der Waals surface area contributed by atoms with Gasteiger partial charge in [-0.25, -0.2) is 18.5 Å². The number of nitrogens with one attached hydrogen (secondary N) is 1. The number of ether oxygens (including phenoxy) is 2. The summed E-state index contributed by atoms with van der Waals surface area (Å²) in [4.78, 5) is 85.4. The fourth-order valence-corrected chi connectivity index (χ4v) is 6.96. The van der Waals surface area contributed by atoms with Gasteiger partial charge in [0.2, 0.25) is 0 Å². The van der Waals surface area contributed by atoms with Crippen LogP contribution in [0.2, 0.25) is 0 Å². The van der Waals surface area contributed by atoms with Crippen molar-refractivity contribution in [2.24, 2.45) is 0 Å². The maximum Gasteiger partial charge on any atom is 0.490 e. The van der Waals surface area contributed by atoms with Crippen molar-refractivity contribution >= 4 is 35.1 Å². The van der Waals surface area contributed by atoms with E-state index in [0.29, 0.717) is 0 Å². The number of nitrogens with zero attached hydrogens (tertiary/aromatic N) is 2. The van der Waals surface area contributed by atoms with E-state index in [1.165, 1.54) is 25.1 Å². The van der Waals surface area contributed by atoms with Gasteiger partial charge in [0.05, 0.1) is 29.6 Å². The fraction of sp³-hybridized carbons (Fsp3) is 0.409. The van der Waals surface area contributed by atoms with E-state index in [1.54, 1.807) is 6.07 Å². The van der Waals surface area contributed by atoms with Crippen molar-refractivity contribution in [2.75, 3.05) is 6.61 Å². The molecule has 0 radical (unpaired) electrons. The molecule has 0 bridgehead atoms. The summed E-state index contributed by atoms with van der Waals surface area (Å²) in [6, 6.07) is 5.73. The van der Waals surface area contributed by atoms with Gasteiger partial charge in [0.25, 0.3) is 11.2 Å². The first kappa shape index (κ1) is 37.1. The molecule has 24 heteroatoms. The molecule has 1 saturated heterocycles. The second kappa shape index (κ2) is 15.0. The standard InChI is InChI=1S/C22H26N3O18P3/c1-13(15-7-3-4-8-16(15)25(30)31)40-20(27)9-5-2-6-14-11-24(22(29)23-21(14)28)19-10-17(26)18(41-19)12-39-45(35,36)43-46(37,38)42-44(32,33)34/h3-4,7-8,11,13,17-19,26H,5,9-10,12H2,1H3,(H,35,36)(H,37,38)(H,23,28,29)(H2,32,33,34)/t13?,17-,18+,19+/m0/s1. The molecule has 21 nitrogen and oxygen atoms in total. The van der Waals surface area contributed by atoms with Gasteiger partial charge in [-0.1, -0.05) is 24.0 Å². The highest BCUT2D eigenvalue weighted by Gasteiger charge is 2.43. The minimum absolute atomic E-state index is 0.109. The molecule has 0 amide bonds. The topological polar surface area (TPSA) is 314 Å². The lowest BCUT2D eigenvalue weighted by Crippen LogP contribution is -2.33. The first-order valence-electron chi connectivity index (χ1n) is 12.7. The summed E-state index contributed by atoms with van der Waals surface area (Å²) >= 11 is 0. The Morgan fingerprint density at radius 3 is 2.50 bits per heavy atom. The number of H-pyrrole nitrogens is 1. The number of hydrogen-bond acceptors (Lipinski definition) is 14. The van der Waals surface area contributed by atoms with E-state index in [9.17, 15) is 53.1 Å². The molecule has 1 aliphatic heterocycles. The lowest BCUT2D eigenvalue weighted by atomic mass is 10.1. The van der Waals surface area contributed by atoms with E-state index in [4.69, 9.17) is 19.3 Å². The Bertz CT molecular complexity index is 1790. The predicted molar refractivity (Wildman–Crippen MR) is 149 cm³/mol. The van der Waals surface area contributed by atoms with Crippen LogP contribution in [0.5, 0.6) is 0 Å². The van der Waals surface area contributed by atoms with E-state index in [1.807, 2.05) is 4.98 Å². The number of benzene rings is 1. The number of aromatic amines is 1. The van der Waals surface area contributed by atoms with Crippen molar-refractivity contribution in [3.63, 3.8) is 0 Å². The van der Waals surface area contributed by atoms with Crippen molar-refractivity contribution in [3.05, 3.63) is 72.5 Å². The van der Waals surface area contributed by atoms with Crippen LogP contribution in [0.25, 0.3) is 0 Å². The molecule has 1 aliphatic rings. The lowest BCUT2D eigenvalue weighted by molar-refractivity contribution is -0.386. The molecule has 1 fully saturated rings. The third-order valence-electron chi connectivity index (χ3n) is 5.86. The number of carbonyl (C=O) groups is 1. The minimum atomic E-state index is -5.78. The van der Waals surface area contributed by atoms with Crippen LogP contribution in [0.3, 0.4) is 0 Å². The van der Waals surface area contributed by atoms with Crippen LogP contribution in [0.1, 0.15) is 49.6 Å². The monoisotopic (exact) mass is 713 g/mol. The predicted octanol–water partition coefficient (Wildman–Crippen LogP) is 0.873. The summed E-state index contributed by atoms with van der Waals surface area (Å²) in [6.07, 6.45) is -4.82. The lowest BCUT2D eigenvalue weighted by Gasteiger charge is -2.19. The number of phosphoric ester groups is 1. The Kier molecular flexibility index (Phi) is 12.1. The number of aliphatic hydroxyl groups is 1. The van der Waals surface area contributed by atoms with E-state index < -0.39 is 76.8 Å². The van der Waals surface area contributed by atoms with Gasteiger partial charge in [-0.2, -0.15) is 8.62 Å². The van der Waals surface area contributed by atoms with Crippen LogP contribution in [-0.2, 0) is 41.1 Å². The van der Waals surface area contributed by atoms with Gasteiger partial charge in [-0.15, -0.1) is 0 Å². The van der Waals surface area contributed by atoms with Crippen LogP contribution in [0, 0.1) is 22.0 Å². The van der Waals surface area contributed by atoms with Crippen molar-refractivity contribution in [2.45, 2.75) is 50.7 Å². The largest absolute Gasteiger partial charge is 0.490 e. The van der Waals surface area contributed by atoms with Gasteiger partial charge in [-0.3, -0.25) is 33.8 Å². The molecule has 2 aromatic rings. The number of phosphoric acid groups is 3. The van der Waals surface area contributed by atoms with Gasteiger partial charge in [0.1, 0.15) is 24.0 Å². The number of para-hydroxylation sites is 1. The molecule has 0 spiro atoms. The fourth-order valence-electron chi connectivity index (χ4n) is 3.93. The number of esters is 1. The second-order valence-corrected chi connectivity index (χ2v) is 13.7. The van der Waals surface area contributed by atoms with Crippen molar-refractivity contribution in [1.29, 1.82) is 0 Å². The van der Waals surface area contributed by atoms with Crippen LogP contribution in [-0.4, -0.2) is 63.9 Å². The molecule has 252 valence electrons. The maximum absolute atomic E-state index is 12.4. The summed E-state index contributed by atoms with van der Waals surface area (Å²) in [6.45, 7) is 0.473.